The van der Waals surface area contributed by atoms with Gasteiger partial charge in [-0.05, 0) is 45.2 Å². The van der Waals surface area contributed by atoms with Gasteiger partial charge in [-0.2, -0.15) is 0 Å². The van der Waals surface area contributed by atoms with Crippen molar-refractivity contribution in [2.45, 2.75) is 46.3 Å². The summed E-state index contributed by atoms with van der Waals surface area (Å²) < 4.78 is 5.91. The lowest BCUT2D eigenvalue weighted by Crippen LogP contribution is -2.40. The quantitative estimate of drug-likeness (QED) is 0.878. The molecule has 1 amide bonds. The molecule has 4 nitrogen and oxygen atoms in total. The van der Waals surface area contributed by atoms with Gasteiger partial charge in [0.2, 0.25) is 5.91 Å². The van der Waals surface area contributed by atoms with Crippen LogP contribution in [0.1, 0.15) is 39.2 Å². The number of nitrogens with one attached hydrogen (secondary N) is 1. The number of hydrogen-bond acceptors (Lipinski definition) is 3. The number of carbonyl (C=O) groups is 1. The number of hydrogen-bond donors (Lipinski definition) is 1. The molecule has 1 aliphatic heterocycles. The van der Waals surface area contributed by atoms with E-state index in [-0.39, 0.29) is 12.0 Å². The maximum atomic E-state index is 11.1. The molecule has 2 rings (SSSR count). The number of para-hydroxylation sites is 1. The Kier molecular flexibility index (Phi) is 6.25. The molecule has 0 unspecified atom stereocenters. The third kappa shape index (κ3) is 5.34. The van der Waals surface area contributed by atoms with E-state index in [0.29, 0.717) is 5.92 Å². The number of likely N-dealkylation sites (tertiary alicyclic amines) is 1. The SMILES string of the molecule is CC(=O)NC[C@H]1CCCN(Cc2ccccc2OC(C)C)C1. The molecule has 1 N–H and O–H groups in total. The van der Waals surface area contributed by atoms with Crippen LogP contribution in [0.3, 0.4) is 0 Å². The molecule has 0 aliphatic carbocycles. The predicted molar refractivity (Wildman–Crippen MR) is 88.9 cm³/mol. The first-order valence-corrected chi connectivity index (χ1v) is 8.26. The minimum atomic E-state index is 0.0628. The standard InChI is InChI=1S/C18H28N2O2/c1-14(2)22-18-9-5-4-8-17(18)13-20-10-6-7-16(12-20)11-19-15(3)21/h4-5,8-9,14,16H,6-7,10-13H2,1-3H3,(H,19,21)/t16-/m1/s1. The summed E-state index contributed by atoms with van der Waals surface area (Å²) in [6.45, 7) is 9.56. The van der Waals surface area contributed by atoms with E-state index in [2.05, 4.69) is 36.2 Å². The summed E-state index contributed by atoms with van der Waals surface area (Å²) in [5.41, 5.74) is 1.25. The fourth-order valence-corrected chi connectivity index (χ4v) is 2.99. The van der Waals surface area contributed by atoms with E-state index in [1.165, 1.54) is 18.4 Å². The Morgan fingerprint density at radius 3 is 2.91 bits per heavy atom. The smallest absolute Gasteiger partial charge is 0.216 e. The highest BCUT2D eigenvalue weighted by molar-refractivity contribution is 5.72. The van der Waals surface area contributed by atoms with Gasteiger partial charge < -0.3 is 10.1 Å². The van der Waals surface area contributed by atoms with Gasteiger partial charge in [-0.1, -0.05) is 18.2 Å². The molecule has 0 aromatic heterocycles. The van der Waals surface area contributed by atoms with Crippen molar-refractivity contribution < 1.29 is 9.53 Å². The second-order valence-corrected chi connectivity index (χ2v) is 6.45. The fourth-order valence-electron chi connectivity index (χ4n) is 2.99. The molecule has 1 aromatic carbocycles. The third-order valence-corrected chi connectivity index (χ3v) is 3.97. The Morgan fingerprint density at radius 1 is 1.41 bits per heavy atom. The van der Waals surface area contributed by atoms with Crippen LogP contribution < -0.4 is 10.1 Å². The molecule has 1 aromatic rings. The molecule has 1 atom stereocenters. The largest absolute Gasteiger partial charge is 0.491 e. The number of carbonyl (C=O) groups excluding carboxylic acids is 1. The normalized spacial score (nSPS) is 19.2. The van der Waals surface area contributed by atoms with Crippen molar-refractivity contribution in [3.05, 3.63) is 29.8 Å². The average Bonchev–Trinajstić information content (AvgIpc) is 2.47. The van der Waals surface area contributed by atoms with Gasteiger partial charge in [0.15, 0.2) is 0 Å². The number of ether oxygens (including phenoxy) is 1. The van der Waals surface area contributed by atoms with E-state index in [1.807, 2.05) is 12.1 Å². The van der Waals surface area contributed by atoms with E-state index >= 15 is 0 Å². The zero-order chi connectivity index (χ0) is 15.9. The highest BCUT2D eigenvalue weighted by atomic mass is 16.5. The number of benzene rings is 1. The van der Waals surface area contributed by atoms with Crippen molar-refractivity contribution in [2.24, 2.45) is 5.92 Å². The highest BCUT2D eigenvalue weighted by Gasteiger charge is 2.21. The van der Waals surface area contributed by atoms with Crippen LogP contribution in [0.5, 0.6) is 5.75 Å². The van der Waals surface area contributed by atoms with Gasteiger partial charge in [-0.3, -0.25) is 9.69 Å². The van der Waals surface area contributed by atoms with Gasteiger partial charge in [-0.25, -0.2) is 0 Å². The number of nitrogens with zero attached hydrogens (tertiary/aromatic N) is 1. The second kappa shape index (κ2) is 8.18. The molecule has 1 fully saturated rings. The second-order valence-electron chi connectivity index (χ2n) is 6.45. The zero-order valence-electron chi connectivity index (χ0n) is 14.0. The summed E-state index contributed by atoms with van der Waals surface area (Å²) in [6.07, 6.45) is 2.58. The van der Waals surface area contributed by atoms with E-state index in [0.717, 1.165) is 31.9 Å². The van der Waals surface area contributed by atoms with Crippen molar-refractivity contribution in [3.8, 4) is 5.75 Å². The van der Waals surface area contributed by atoms with Gasteiger partial charge in [-0.15, -0.1) is 0 Å². The minimum Gasteiger partial charge on any atom is -0.491 e. The molecular weight excluding hydrogens is 276 g/mol. The van der Waals surface area contributed by atoms with Crippen molar-refractivity contribution in [1.82, 2.24) is 10.2 Å². The van der Waals surface area contributed by atoms with Crippen molar-refractivity contribution in [1.29, 1.82) is 0 Å². The molecule has 22 heavy (non-hydrogen) atoms. The molecule has 1 saturated heterocycles. The third-order valence-electron chi connectivity index (χ3n) is 3.97. The average molecular weight is 304 g/mol. The molecule has 0 radical (unpaired) electrons. The number of piperidine rings is 1. The summed E-state index contributed by atoms with van der Waals surface area (Å²) in [5.74, 6) is 1.60. The Morgan fingerprint density at radius 2 is 2.18 bits per heavy atom. The molecule has 4 heteroatoms. The summed E-state index contributed by atoms with van der Waals surface area (Å²) in [4.78, 5) is 13.5. The van der Waals surface area contributed by atoms with E-state index < -0.39 is 0 Å². The van der Waals surface area contributed by atoms with E-state index in [1.54, 1.807) is 6.92 Å². The number of rotatable bonds is 6. The van der Waals surface area contributed by atoms with Gasteiger partial charge in [0.1, 0.15) is 5.75 Å². The summed E-state index contributed by atoms with van der Waals surface area (Å²) in [7, 11) is 0. The Hall–Kier alpha value is -1.55. The summed E-state index contributed by atoms with van der Waals surface area (Å²) in [6, 6.07) is 8.29. The van der Waals surface area contributed by atoms with Crippen LogP contribution in [0.15, 0.2) is 24.3 Å². The van der Waals surface area contributed by atoms with E-state index in [4.69, 9.17) is 4.74 Å². The molecule has 122 valence electrons. The van der Waals surface area contributed by atoms with Gasteiger partial charge in [0, 0.05) is 32.1 Å². The van der Waals surface area contributed by atoms with Gasteiger partial charge in [0.25, 0.3) is 0 Å². The molecule has 1 aliphatic rings. The van der Waals surface area contributed by atoms with Crippen LogP contribution in [0.4, 0.5) is 0 Å². The topological polar surface area (TPSA) is 41.6 Å². The molecular formula is C18H28N2O2. The van der Waals surface area contributed by atoms with Gasteiger partial charge >= 0.3 is 0 Å². The van der Waals surface area contributed by atoms with Crippen LogP contribution in [0, 0.1) is 5.92 Å². The first kappa shape index (κ1) is 16.8. The van der Waals surface area contributed by atoms with Crippen LogP contribution in [0.25, 0.3) is 0 Å². The van der Waals surface area contributed by atoms with Gasteiger partial charge in [0.05, 0.1) is 6.10 Å². The minimum absolute atomic E-state index is 0.0628. The lowest BCUT2D eigenvalue weighted by molar-refractivity contribution is -0.119. The lowest BCUT2D eigenvalue weighted by atomic mass is 9.97. The highest BCUT2D eigenvalue weighted by Crippen LogP contribution is 2.24. The maximum Gasteiger partial charge on any atom is 0.216 e. The Bertz CT molecular complexity index is 488. The van der Waals surface area contributed by atoms with Crippen LogP contribution >= 0.6 is 0 Å². The fraction of sp³-hybridized carbons (Fsp3) is 0.611. The Balaban J connectivity index is 1.94. The zero-order valence-corrected chi connectivity index (χ0v) is 14.0. The maximum absolute atomic E-state index is 11.1. The number of amides is 1. The molecule has 0 saturated carbocycles. The van der Waals surface area contributed by atoms with Crippen LogP contribution in [-0.4, -0.2) is 36.5 Å². The Labute approximate surface area is 133 Å². The lowest BCUT2D eigenvalue weighted by Gasteiger charge is -2.33. The monoisotopic (exact) mass is 304 g/mol. The van der Waals surface area contributed by atoms with Crippen molar-refractivity contribution in [3.63, 3.8) is 0 Å². The molecule has 1 heterocycles. The first-order chi connectivity index (χ1) is 10.5. The predicted octanol–water partition coefficient (Wildman–Crippen LogP) is 2.82. The van der Waals surface area contributed by atoms with E-state index in [9.17, 15) is 4.79 Å². The summed E-state index contributed by atoms with van der Waals surface area (Å²) in [5, 5.41) is 2.95. The van der Waals surface area contributed by atoms with Crippen molar-refractivity contribution in [2.75, 3.05) is 19.6 Å². The molecule has 0 spiro atoms. The molecule has 0 bridgehead atoms. The van der Waals surface area contributed by atoms with Crippen LogP contribution in [0.2, 0.25) is 0 Å². The van der Waals surface area contributed by atoms with Crippen LogP contribution in [-0.2, 0) is 11.3 Å². The summed E-state index contributed by atoms with van der Waals surface area (Å²) >= 11 is 0. The van der Waals surface area contributed by atoms with Crippen molar-refractivity contribution >= 4 is 5.91 Å². The first-order valence-electron chi connectivity index (χ1n) is 8.26.